The summed E-state index contributed by atoms with van der Waals surface area (Å²) in [5.74, 6) is 0.626. The van der Waals surface area contributed by atoms with Gasteiger partial charge in [-0.2, -0.15) is 0 Å². The molecule has 0 saturated carbocycles. The lowest BCUT2D eigenvalue weighted by Gasteiger charge is -2.10. The van der Waals surface area contributed by atoms with Crippen molar-refractivity contribution in [1.82, 2.24) is 19.4 Å². The van der Waals surface area contributed by atoms with Crippen LogP contribution in [0.25, 0.3) is 0 Å². The van der Waals surface area contributed by atoms with E-state index in [-0.39, 0.29) is 5.03 Å². The lowest BCUT2D eigenvalue weighted by molar-refractivity contribution is 0.363. The Hall–Kier alpha value is -0.440. The van der Waals surface area contributed by atoms with Gasteiger partial charge in [-0.05, 0) is 22.9 Å². The third-order valence-corrected chi connectivity index (χ3v) is 4.35. The highest BCUT2D eigenvalue weighted by Gasteiger charge is 2.23. The number of sulfonamides is 1. The summed E-state index contributed by atoms with van der Waals surface area (Å²) in [4.78, 5) is 6.29. The van der Waals surface area contributed by atoms with E-state index in [0.29, 0.717) is 10.4 Å². The lowest BCUT2D eigenvalue weighted by atomic mass is 10.7. The Kier molecular flexibility index (Phi) is 3.54. The Morgan fingerprint density at radius 3 is 2.33 bits per heavy atom. The molecule has 0 atom stereocenters. The van der Waals surface area contributed by atoms with Gasteiger partial charge >= 0.3 is 0 Å². The third-order valence-electron chi connectivity index (χ3n) is 1.78. The zero-order valence-corrected chi connectivity index (χ0v) is 11.3. The molecule has 1 heterocycles. The van der Waals surface area contributed by atoms with E-state index in [1.54, 1.807) is 32.6 Å². The fourth-order valence-corrected chi connectivity index (χ4v) is 3.17. The van der Waals surface area contributed by atoms with Gasteiger partial charge in [-0.15, -0.1) is 4.83 Å². The summed E-state index contributed by atoms with van der Waals surface area (Å²) in [6, 6.07) is 0. The maximum atomic E-state index is 11.8. The molecule has 0 saturated heterocycles. The van der Waals surface area contributed by atoms with Crippen LogP contribution in [0.1, 0.15) is 5.82 Å². The molecule has 0 aromatic carbocycles. The smallest absolute Gasteiger partial charge is 0.273 e. The molecule has 86 valence electrons. The number of nitrogens with zero attached hydrogens (tertiary/aromatic N) is 3. The van der Waals surface area contributed by atoms with E-state index in [4.69, 9.17) is 0 Å². The number of aryl methyl sites for hydroxylation is 1. The third kappa shape index (κ3) is 2.57. The van der Waals surface area contributed by atoms with Gasteiger partial charge < -0.3 is 4.57 Å². The minimum Gasteiger partial charge on any atom is -0.325 e. The van der Waals surface area contributed by atoms with Gasteiger partial charge in [-0.25, -0.2) is 18.4 Å². The summed E-state index contributed by atoms with van der Waals surface area (Å²) in [6.45, 7) is 1.74. The first kappa shape index (κ1) is 12.6. The maximum Gasteiger partial charge on any atom is 0.273 e. The summed E-state index contributed by atoms with van der Waals surface area (Å²) in [7, 11) is 1.34. The second kappa shape index (κ2) is 4.20. The first-order valence-electron chi connectivity index (χ1n) is 4.14. The average molecular weight is 297 g/mol. The molecule has 0 aliphatic carbocycles. The molecule has 6 nitrogen and oxygen atoms in total. The molecule has 0 fully saturated rings. The van der Waals surface area contributed by atoms with Crippen LogP contribution in [-0.4, -0.2) is 37.1 Å². The summed E-state index contributed by atoms with van der Waals surface area (Å²) in [6.07, 6.45) is 0. The van der Waals surface area contributed by atoms with E-state index in [2.05, 4.69) is 25.7 Å². The Bertz CT molecular complexity index is 466. The molecule has 15 heavy (non-hydrogen) atoms. The van der Waals surface area contributed by atoms with Crippen LogP contribution in [0.2, 0.25) is 0 Å². The van der Waals surface area contributed by atoms with Crippen molar-refractivity contribution >= 4 is 26.0 Å². The minimum atomic E-state index is -3.59. The van der Waals surface area contributed by atoms with Crippen molar-refractivity contribution in [2.45, 2.75) is 11.9 Å². The first-order valence-corrected chi connectivity index (χ1v) is 6.42. The molecule has 0 radical (unpaired) electrons. The lowest BCUT2D eigenvalue weighted by Crippen LogP contribution is -2.36. The maximum absolute atomic E-state index is 11.8. The van der Waals surface area contributed by atoms with Gasteiger partial charge in [-0.3, -0.25) is 0 Å². The van der Waals surface area contributed by atoms with E-state index in [0.717, 1.165) is 0 Å². The van der Waals surface area contributed by atoms with Gasteiger partial charge in [0.15, 0.2) is 0 Å². The Morgan fingerprint density at radius 2 is 2.00 bits per heavy atom. The molecule has 1 rings (SSSR count). The van der Waals surface area contributed by atoms with Crippen molar-refractivity contribution in [2.75, 3.05) is 14.1 Å². The predicted molar refractivity (Wildman–Crippen MR) is 59.7 cm³/mol. The molecule has 1 aromatic rings. The number of rotatable bonds is 3. The van der Waals surface area contributed by atoms with Gasteiger partial charge in [0.25, 0.3) is 10.0 Å². The first-order chi connectivity index (χ1) is 6.75. The minimum absolute atomic E-state index is 0.00352. The molecule has 0 unspecified atom stereocenters. The predicted octanol–water partition coefficient (Wildman–Crippen LogP) is 0.246. The highest BCUT2D eigenvalue weighted by atomic mass is 79.9. The molecule has 0 aliphatic heterocycles. The molecular weight excluding hydrogens is 284 g/mol. The molecule has 0 spiro atoms. The second-order valence-electron chi connectivity index (χ2n) is 3.30. The van der Waals surface area contributed by atoms with Gasteiger partial charge in [0, 0.05) is 21.1 Å². The number of imidazole rings is 1. The molecule has 1 N–H and O–H groups in total. The van der Waals surface area contributed by atoms with Gasteiger partial charge in [0.1, 0.15) is 10.4 Å². The van der Waals surface area contributed by atoms with Gasteiger partial charge in [0.05, 0.1) is 0 Å². The normalized spacial score (nSPS) is 12.4. The van der Waals surface area contributed by atoms with Crippen LogP contribution in [0, 0.1) is 6.92 Å². The molecule has 1 aromatic heterocycles. The van der Waals surface area contributed by atoms with E-state index in [1.807, 2.05) is 0 Å². The molecule has 0 bridgehead atoms. The van der Waals surface area contributed by atoms with Crippen molar-refractivity contribution in [2.24, 2.45) is 7.05 Å². The standard InChI is InChI=1S/C7H13BrN4O2S/c1-5-9-7(6(8)12(5)4)15(13,14)10-11(2)3/h10H,1-4H3. The average Bonchev–Trinajstić information content (AvgIpc) is 2.31. The zero-order valence-electron chi connectivity index (χ0n) is 8.94. The van der Waals surface area contributed by atoms with Crippen molar-refractivity contribution in [1.29, 1.82) is 0 Å². The molecule has 0 amide bonds. The van der Waals surface area contributed by atoms with Crippen LogP contribution < -0.4 is 4.83 Å². The Balaban J connectivity index is 3.22. The van der Waals surface area contributed by atoms with Crippen molar-refractivity contribution in [3.05, 3.63) is 10.4 Å². The van der Waals surface area contributed by atoms with Crippen molar-refractivity contribution in [3.63, 3.8) is 0 Å². The number of nitrogens with one attached hydrogen (secondary N) is 1. The fourth-order valence-electron chi connectivity index (χ4n) is 1.01. The summed E-state index contributed by atoms with van der Waals surface area (Å²) >= 11 is 3.19. The van der Waals surface area contributed by atoms with E-state index < -0.39 is 10.0 Å². The summed E-state index contributed by atoms with van der Waals surface area (Å²) in [5.41, 5.74) is 0. The largest absolute Gasteiger partial charge is 0.325 e. The monoisotopic (exact) mass is 296 g/mol. The van der Waals surface area contributed by atoms with E-state index >= 15 is 0 Å². The SMILES string of the molecule is Cc1nc(S(=O)(=O)NN(C)C)c(Br)n1C. The summed E-state index contributed by atoms with van der Waals surface area (Å²) < 4.78 is 25.6. The number of hydrogen-bond acceptors (Lipinski definition) is 4. The van der Waals surface area contributed by atoms with Crippen LogP contribution in [0.5, 0.6) is 0 Å². The number of hydrogen-bond donors (Lipinski definition) is 1. The fraction of sp³-hybridized carbons (Fsp3) is 0.571. The quantitative estimate of drug-likeness (QED) is 0.812. The number of hydrazine groups is 1. The van der Waals surface area contributed by atoms with Crippen LogP contribution >= 0.6 is 15.9 Å². The highest BCUT2D eigenvalue weighted by molar-refractivity contribution is 9.10. The zero-order chi connectivity index (χ0) is 11.8. The Labute approximate surface area is 97.4 Å². The van der Waals surface area contributed by atoms with Gasteiger partial charge in [0.2, 0.25) is 5.03 Å². The van der Waals surface area contributed by atoms with E-state index in [1.165, 1.54) is 5.01 Å². The molecule has 8 heteroatoms. The summed E-state index contributed by atoms with van der Waals surface area (Å²) in [5, 5.41) is 1.35. The van der Waals surface area contributed by atoms with Crippen LogP contribution in [0.15, 0.2) is 9.63 Å². The topological polar surface area (TPSA) is 67.2 Å². The van der Waals surface area contributed by atoms with Crippen molar-refractivity contribution < 1.29 is 8.42 Å². The van der Waals surface area contributed by atoms with Crippen molar-refractivity contribution in [3.8, 4) is 0 Å². The van der Waals surface area contributed by atoms with Crippen LogP contribution in [-0.2, 0) is 17.1 Å². The number of halogens is 1. The number of aromatic nitrogens is 2. The molecule has 0 aliphatic rings. The van der Waals surface area contributed by atoms with E-state index in [9.17, 15) is 8.42 Å². The van der Waals surface area contributed by atoms with Crippen LogP contribution in [0.4, 0.5) is 0 Å². The van der Waals surface area contributed by atoms with Crippen LogP contribution in [0.3, 0.4) is 0 Å². The van der Waals surface area contributed by atoms with Gasteiger partial charge in [-0.1, -0.05) is 0 Å². The Morgan fingerprint density at radius 1 is 1.47 bits per heavy atom. The highest BCUT2D eigenvalue weighted by Crippen LogP contribution is 2.21. The molecular formula is C7H13BrN4O2S. The second-order valence-corrected chi connectivity index (χ2v) is 5.63.